The highest BCUT2D eigenvalue weighted by molar-refractivity contribution is 5.75. The molecule has 6 heteroatoms. The van der Waals surface area contributed by atoms with E-state index >= 15 is 0 Å². The Morgan fingerprint density at radius 3 is 2.29 bits per heavy atom. The molecule has 21 heavy (non-hydrogen) atoms. The molecule has 2 aliphatic heterocycles. The lowest BCUT2D eigenvalue weighted by Crippen LogP contribution is -2.58. The third-order valence-corrected chi connectivity index (χ3v) is 4.09. The number of likely N-dealkylation sites (tertiary alicyclic amines) is 2. The van der Waals surface area contributed by atoms with Crippen LogP contribution in [0.4, 0.5) is 4.79 Å². The Kier molecular flexibility index (Phi) is 4.76. The average molecular weight is 298 g/mol. The van der Waals surface area contributed by atoms with E-state index in [2.05, 4.69) is 4.90 Å². The first-order valence-electron chi connectivity index (χ1n) is 7.61. The summed E-state index contributed by atoms with van der Waals surface area (Å²) in [5, 5.41) is 0. The minimum Gasteiger partial charge on any atom is -0.469 e. The van der Waals surface area contributed by atoms with Crippen molar-refractivity contribution in [1.29, 1.82) is 0 Å². The number of methoxy groups -OCH3 is 1. The topological polar surface area (TPSA) is 59.1 Å². The van der Waals surface area contributed by atoms with Gasteiger partial charge in [-0.25, -0.2) is 4.79 Å². The Morgan fingerprint density at radius 2 is 1.81 bits per heavy atom. The summed E-state index contributed by atoms with van der Waals surface area (Å²) in [6.45, 7) is 8.60. The zero-order valence-corrected chi connectivity index (χ0v) is 13.4. The van der Waals surface area contributed by atoms with Crippen LogP contribution < -0.4 is 0 Å². The molecular formula is C15H26N2O4. The molecule has 1 unspecified atom stereocenters. The molecule has 0 bridgehead atoms. The van der Waals surface area contributed by atoms with Crippen molar-refractivity contribution in [2.75, 3.05) is 33.3 Å². The maximum atomic E-state index is 12.2. The minimum absolute atomic E-state index is 0.185. The fourth-order valence-corrected chi connectivity index (χ4v) is 2.92. The molecule has 1 amide bonds. The zero-order valence-electron chi connectivity index (χ0n) is 13.4. The van der Waals surface area contributed by atoms with Gasteiger partial charge in [0.05, 0.1) is 13.0 Å². The monoisotopic (exact) mass is 298 g/mol. The molecule has 0 N–H and O–H groups in total. The fourth-order valence-electron chi connectivity index (χ4n) is 2.92. The van der Waals surface area contributed by atoms with Crippen LogP contribution in [0.1, 0.15) is 33.6 Å². The van der Waals surface area contributed by atoms with Crippen LogP contribution in [-0.2, 0) is 14.3 Å². The van der Waals surface area contributed by atoms with Gasteiger partial charge in [0.2, 0.25) is 0 Å². The number of amides is 1. The van der Waals surface area contributed by atoms with Crippen LogP contribution in [0.3, 0.4) is 0 Å². The number of piperidine rings is 1. The van der Waals surface area contributed by atoms with Crippen LogP contribution in [-0.4, -0.2) is 66.8 Å². The Bertz CT molecular complexity index is 401. The second-order valence-corrected chi connectivity index (χ2v) is 6.80. The molecule has 0 radical (unpaired) electrons. The Balaban J connectivity index is 2.02. The molecule has 2 saturated heterocycles. The van der Waals surface area contributed by atoms with Gasteiger partial charge in [0, 0.05) is 19.1 Å². The SMILES string of the molecule is COC(=O)C1CN(C(=O)OC(C)(C)C)CC[C@@H]1N1CCC1. The predicted molar refractivity (Wildman–Crippen MR) is 77.9 cm³/mol. The molecule has 120 valence electrons. The molecule has 2 atom stereocenters. The molecule has 2 rings (SSSR count). The largest absolute Gasteiger partial charge is 0.469 e. The first-order valence-corrected chi connectivity index (χ1v) is 7.61. The molecule has 2 aliphatic rings. The van der Waals surface area contributed by atoms with Gasteiger partial charge in [-0.05, 0) is 46.7 Å². The molecule has 6 nitrogen and oxygen atoms in total. The van der Waals surface area contributed by atoms with Crippen molar-refractivity contribution in [2.45, 2.75) is 45.3 Å². The van der Waals surface area contributed by atoms with Gasteiger partial charge in [-0.3, -0.25) is 9.69 Å². The van der Waals surface area contributed by atoms with E-state index < -0.39 is 5.60 Å². The second-order valence-electron chi connectivity index (χ2n) is 6.80. The van der Waals surface area contributed by atoms with Crippen molar-refractivity contribution in [3.8, 4) is 0 Å². The lowest BCUT2D eigenvalue weighted by molar-refractivity contribution is -0.151. The van der Waals surface area contributed by atoms with Gasteiger partial charge in [0.1, 0.15) is 5.60 Å². The molecule has 0 spiro atoms. The molecule has 0 aromatic heterocycles. The van der Waals surface area contributed by atoms with Gasteiger partial charge in [-0.15, -0.1) is 0 Å². The van der Waals surface area contributed by atoms with Gasteiger partial charge in [0.25, 0.3) is 0 Å². The molecule has 2 heterocycles. The Labute approximate surface area is 126 Å². The van der Waals surface area contributed by atoms with Crippen LogP contribution in [0.25, 0.3) is 0 Å². The maximum absolute atomic E-state index is 12.2. The summed E-state index contributed by atoms with van der Waals surface area (Å²) in [4.78, 5) is 28.2. The quantitative estimate of drug-likeness (QED) is 0.723. The lowest BCUT2D eigenvalue weighted by atomic mass is 9.89. The van der Waals surface area contributed by atoms with E-state index in [0.717, 1.165) is 19.5 Å². The zero-order chi connectivity index (χ0) is 15.6. The Morgan fingerprint density at radius 1 is 1.14 bits per heavy atom. The van der Waals surface area contributed by atoms with E-state index in [4.69, 9.17) is 9.47 Å². The van der Waals surface area contributed by atoms with Gasteiger partial charge in [-0.1, -0.05) is 0 Å². The van der Waals surface area contributed by atoms with Crippen molar-refractivity contribution >= 4 is 12.1 Å². The normalized spacial score (nSPS) is 27.0. The van der Waals surface area contributed by atoms with Crippen molar-refractivity contribution < 1.29 is 19.1 Å². The van der Waals surface area contributed by atoms with Crippen LogP contribution in [0, 0.1) is 5.92 Å². The van der Waals surface area contributed by atoms with Crippen molar-refractivity contribution in [1.82, 2.24) is 9.80 Å². The number of rotatable bonds is 2. The van der Waals surface area contributed by atoms with Crippen molar-refractivity contribution in [2.24, 2.45) is 5.92 Å². The summed E-state index contributed by atoms with van der Waals surface area (Å²) in [6, 6.07) is 0.185. The number of esters is 1. The highest BCUT2D eigenvalue weighted by Gasteiger charge is 2.42. The third kappa shape index (κ3) is 3.87. The predicted octanol–water partition coefficient (Wildman–Crippen LogP) is 1.49. The first kappa shape index (κ1) is 16.1. The summed E-state index contributed by atoms with van der Waals surface area (Å²) in [5.74, 6) is -0.517. The Hall–Kier alpha value is -1.30. The van der Waals surface area contributed by atoms with E-state index in [-0.39, 0.29) is 24.0 Å². The van der Waals surface area contributed by atoms with E-state index in [0.29, 0.717) is 13.1 Å². The summed E-state index contributed by atoms with van der Waals surface area (Å²) in [6.07, 6.45) is 1.62. The highest BCUT2D eigenvalue weighted by Crippen LogP contribution is 2.28. The number of nitrogens with zero attached hydrogens (tertiary/aromatic N) is 2. The van der Waals surface area contributed by atoms with Crippen LogP contribution >= 0.6 is 0 Å². The first-order chi connectivity index (χ1) is 9.81. The van der Waals surface area contributed by atoms with E-state index in [1.165, 1.54) is 13.5 Å². The van der Waals surface area contributed by atoms with Crippen LogP contribution in [0.2, 0.25) is 0 Å². The molecule has 2 fully saturated rings. The molecular weight excluding hydrogens is 272 g/mol. The third-order valence-electron chi connectivity index (χ3n) is 4.09. The molecule has 0 aromatic rings. The fraction of sp³-hybridized carbons (Fsp3) is 0.867. The van der Waals surface area contributed by atoms with E-state index in [1.807, 2.05) is 20.8 Å². The van der Waals surface area contributed by atoms with Gasteiger partial charge in [0.15, 0.2) is 0 Å². The summed E-state index contributed by atoms with van der Waals surface area (Å²) in [7, 11) is 1.40. The molecule has 0 saturated carbocycles. The number of carbonyl (C=O) groups excluding carboxylic acids is 2. The minimum atomic E-state index is -0.522. The number of ether oxygens (including phenoxy) is 2. The summed E-state index contributed by atoms with van der Waals surface area (Å²) < 4.78 is 10.3. The van der Waals surface area contributed by atoms with Crippen LogP contribution in [0.15, 0.2) is 0 Å². The smallest absolute Gasteiger partial charge is 0.410 e. The maximum Gasteiger partial charge on any atom is 0.410 e. The summed E-state index contributed by atoms with van der Waals surface area (Å²) in [5.41, 5.74) is -0.522. The summed E-state index contributed by atoms with van der Waals surface area (Å²) >= 11 is 0. The average Bonchev–Trinajstić information content (AvgIpc) is 2.34. The van der Waals surface area contributed by atoms with E-state index in [9.17, 15) is 9.59 Å². The lowest BCUT2D eigenvalue weighted by Gasteiger charge is -2.46. The highest BCUT2D eigenvalue weighted by atomic mass is 16.6. The van der Waals surface area contributed by atoms with Gasteiger partial charge in [-0.2, -0.15) is 0 Å². The van der Waals surface area contributed by atoms with Crippen molar-refractivity contribution in [3.63, 3.8) is 0 Å². The number of carbonyl (C=O) groups is 2. The van der Waals surface area contributed by atoms with Gasteiger partial charge < -0.3 is 14.4 Å². The van der Waals surface area contributed by atoms with Crippen LogP contribution in [0.5, 0.6) is 0 Å². The molecule has 0 aliphatic carbocycles. The number of hydrogen-bond donors (Lipinski definition) is 0. The second kappa shape index (κ2) is 6.22. The number of hydrogen-bond acceptors (Lipinski definition) is 5. The standard InChI is InChI=1S/C15H26N2O4/c1-15(2,3)21-14(19)17-9-6-12(16-7-5-8-16)11(10-17)13(18)20-4/h11-12H,5-10H2,1-4H3/t11?,12-/m0/s1. The molecule has 0 aromatic carbocycles. The van der Waals surface area contributed by atoms with Crippen molar-refractivity contribution in [3.05, 3.63) is 0 Å². The van der Waals surface area contributed by atoms with E-state index in [1.54, 1.807) is 4.90 Å². The van der Waals surface area contributed by atoms with Gasteiger partial charge >= 0.3 is 12.1 Å².